The van der Waals surface area contributed by atoms with Crippen molar-refractivity contribution in [2.24, 2.45) is 5.41 Å². The van der Waals surface area contributed by atoms with Gasteiger partial charge in [-0.2, -0.15) is 0 Å². The van der Waals surface area contributed by atoms with Gasteiger partial charge in [-0.05, 0) is 36.8 Å². The summed E-state index contributed by atoms with van der Waals surface area (Å²) in [5, 5.41) is 0. The van der Waals surface area contributed by atoms with Crippen molar-refractivity contribution < 1.29 is 8.42 Å². The summed E-state index contributed by atoms with van der Waals surface area (Å²) in [4.78, 5) is 3.89. The van der Waals surface area contributed by atoms with E-state index in [0.29, 0.717) is 0 Å². The first-order chi connectivity index (χ1) is 8.80. The minimum Gasteiger partial charge on any atom is -0.383 e. The zero-order valence-corrected chi connectivity index (χ0v) is 12.2. The summed E-state index contributed by atoms with van der Waals surface area (Å²) in [7, 11) is -3.58. The molecule has 3 N–H and O–H groups in total. The first kappa shape index (κ1) is 14.3. The molecular weight excluding hydrogens is 262 g/mol. The van der Waals surface area contributed by atoms with Crippen LogP contribution in [0.1, 0.15) is 39.5 Å². The Bertz CT molecular complexity index is 555. The Balaban J connectivity index is 2.16. The third-order valence-corrected chi connectivity index (χ3v) is 5.18. The molecule has 2 rings (SSSR count). The maximum Gasteiger partial charge on any atom is 0.244 e. The van der Waals surface area contributed by atoms with Crippen molar-refractivity contribution in [3.8, 4) is 0 Å². The summed E-state index contributed by atoms with van der Waals surface area (Å²) in [5.74, 6) is 0.0464. The van der Waals surface area contributed by atoms with Crippen LogP contribution in [-0.2, 0) is 10.0 Å². The lowest BCUT2D eigenvalue weighted by Gasteiger charge is -2.35. The first-order valence-electron chi connectivity index (χ1n) is 6.53. The molecule has 1 aromatic heterocycles. The van der Waals surface area contributed by atoms with Crippen LogP contribution in [0.25, 0.3) is 0 Å². The van der Waals surface area contributed by atoms with Gasteiger partial charge in [-0.25, -0.2) is 18.1 Å². The van der Waals surface area contributed by atoms with E-state index < -0.39 is 10.0 Å². The lowest BCUT2D eigenvalue weighted by atomic mass is 9.75. The Morgan fingerprint density at radius 3 is 2.84 bits per heavy atom. The number of sulfonamides is 1. The molecule has 1 aromatic rings. The SMILES string of the molecule is CC1(C)CCCC(NS(=O)(=O)c2cccnc2N)C1. The molecule has 0 saturated heterocycles. The number of nitrogens with zero attached hydrogens (tertiary/aromatic N) is 1. The van der Waals surface area contributed by atoms with Gasteiger partial charge >= 0.3 is 0 Å². The highest BCUT2D eigenvalue weighted by molar-refractivity contribution is 7.89. The quantitative estimate of drug-likeness (QED) is 0.887. The molecule has 106 valence electrons. The minimum absolute atomic E-state index is 0.0200. The smallest absolute Gasteiger partial charge is 0.244 e. The van der Waals surface area contributed by atoms with Crippen molar-refractivity contribution >= 4 is 15.8 Å². The Hall–Kier alpha value is -1.14. The zero-order valence-electron chi connectivity index (χ0n) is 11.4. The van der Waals surface area contributed by atoms with Crippen molar-refractivity contribution in [3.63, 3.8) is 0 Å². The van der Waals surface area contributed by atoms with Crippen molar-refractivity contribution in [1.82, 2.24) is 9.71 Å². The second kappa shape index (κ2) is 5.09. The third kappa shape index (κ3) is 3.45. The molecule has 0 radical (unpaired) electrons. The Morgan fingerprint density at radius 1 is 1.47 bits per heavy atom. The largest absolute Gasteiger partial charge is 0.383 e. The van der Waals surface area contributed by atoms with Gasteiger partial charge in [0.2, 0.25) is 10.0 Å². The lowest BCUT2D eigenvalue weighted by Crippen LogP contribution is -2.40. The zero-order chi connectivity index (χ0) is 14.1. The highest BCUT2D eigenvalue weighted by Gasteiger charge is 2.31. The van der Waals surface area contributed by atoms with Gasteiger partial charge in [0, 0.05) is 12.2 Å². The Labute approximate surface area is 114 Å². The molecule has 1 fully saturated rings. The molecule has 1 heterocycles. The molecule has 1 aliphatic rings. The fourth-order valence-electron chi connectivity index (χ4n) is 2.71. The van der Waals surface area contributed by atoms with Crippen LogP contribution in [-0.4, -0.2) is 19.4 Å². The third-order valence-electron chi connectivity index (χ3n) is 3.62. The molecule has 1 atom stereocenters. The lowest BCUT2D eigenvalue weighted by molar-refractivity contribution is 0.212. The van der Waals surface area contributed by atoms with Crippen LogP contribution >= 0.6 is 0 Å². The van der Waals surface area contributed by atoms with Gasteiger partial charge in [0.05, 0.1) is 0 Å². The number of anilines is 1. The molecule has 19 heavy (non-hydrogen) atoms. The summed E-state index contributed by atoms with van der Waals surface area (Å²) >= 11 is 0. The van der Waals surface area contributed by atoms with E-state index >= 15 is 0 Å². The van der Waals surface area contributed by atoms with Crippen LogP contribution in [0.2, 0.25) is 0 Å². The van der Waals surface area contributed by atoms with Crippen LogP contribution in [0.15, 0.2) is 23.2 Å². The molecule has 0 aromatic carbocycles. The summed E-state index contributed by atoms with van der Waals surface area (Å²) in [6, 6.07) is 3.04. The number of nitrogen functional groups attached to an aromatic ring is 1. The molecular formula is C13H21N3O2S. The first-order valence-corrected chi connectivity index (χ1v) is 8.01. The summed E-state index contributed by atoms with van der Waals surface area (Å²) in [6.45, 7) is 4.35. The van der Waals surface area contributed by atoms with E-state index in [0.717, 1.165) is 25.7 Å². The van der Waals surface area contributed by atoms with E-state index in [-0.39, 0.29) is 22.2 Å². The van der Waals surface area contributed by atoms with Crippen LogP contribution in [0, 0.1) is 5.41 Å². The number of hydrogen-bond acceptors (Lipinski definition) is 4. The van der Waals surface area contributed by atoms with E-state index in [1.165, 1.54) is 12.3 Å². The molecule has 1 unspecified atom stereocenters. The van der Waals surface area contributed by atoms with Gasteiger partial charge in [0.25, 0.3) is 0 Å². The van der Waals surface area contributed by atoms with Crippen LogP contribution < -0.4 is 10.5 Å². The summed E-state index contributed by atoms with van der Waals surface area (Å²) in [5.41, 5.74) is 5.82. The highest BCUT2D eigenvalue weighted by atomic mass is 32.2. The van der Waals surface area contributed by atoms with Crippen LogP contribution in [0.3, 0.4) is 0 Å². The number of nitrogens with two attached hydrogens (primary N) is 1. The normalized spacial score (nSPS) is 23.2. The number of hydrogen-bond donors (Lipinski definition) is 2. The molecule has 0 spiro atoms. The summed E-state index contributed by atoms with van der Waals surface area (Å²) in [6.07, 6.45) is 5.40. The molecule has 5 nitrogen and oxygen atoms in total. The van der Waals surface area contributed by atoms with E-state index in [1.807, 2.05) is 0 Å². The van der Waals surface area contributed by atoms with Gasteiger partial charge in [0.15, 0.2) is 0 Å². The standard InChI is InChI=1S/C13H21N3O2S/c1-13(2)7-3-5-10(9-13)16-19(17,18)11-6-4-8-15-12(11)14/h4,6,8,10,16H,3,5,7,9H2,1-2H3,(H2,14,15). The maximum atomic E-state index is 12.3. The summed E-state index contributed by atoms with van der Waals surface area (Å²) < 4.78 is 27.4. The van der Waals surface area contributed by atoms with E-state index in [4.69, 9.17) is 5.73 Å². The monoisotopic (exact) mass is 283 g/mol. The van der Waals surface area contributed by atoms with Crippen LogP contribution in [0.4, 0.5) is 5.82 Å². The average molecular weight is 283 g/mol. The number of pyridine rings is 1. The molecule has 0 amide bonds. The predicted octanol–water partition coefficient (Wildman–Crippen LogP) is 1.91. The average Bonchev–Trinajstić information content (AvgIpc) is 2.27. The molecule has 1 aliphatic carbocycles. The van der Waals surface area contributed by atoms with Gasteiger partial charge < -0.3 is 5.73 Å². The second-order valence-corrected chi connectivity index (χ2v) is 7.65. The fraction of sp³-hybridized carbons (Fsp3) is 0.615. The molecule has 1 saturated carbocycles. The highest BCUT2D eigenvalue weighted by Crippen LogP contribution is 2.35. The topological polar surface area (TPSA) is 85.1 Å². The van der Waals surface area contributed by atoms with Crippen molar-refractivity contribution in [3.05, 3.63) is 18.3 Å². The van der Waals surface area contributed by atoms with E-state index in [9.17, 15) is 8.42 Å². The molecule has 6 heteroatoms. The van der Waals surface area contributed by atoms with Gasteiger partial charge in [-0.1, -0.05) is 20.3 Å². The Kier molecular flexibility index (Phi) is 3.82. The second-order valence-electron chi connectivity index (χ2n) is 5.97. The Morgan fingerprint density at radius 2 is 2.21 bits per heavy atom. The van der Waals surface area contributed by atoms with Crippen molar-refractivity contribution in [2.45, 2.75) is 50.5 Å². The van der Waals surface area contributed by atoms with Gasteiger partial charge in [-0.15, -0.1) is 0 Å². The fourth-order valence-corrected chi connectivity index (χ4v) is 4.06. The van der Waals surface area contributed by atoms with Crippen molar-refractivity contribution in [1.29, 1.82) is 0 Å². The maximum absolute atomic E-state index is 12.3. The van der Waals surface area contributed by atoms with Gasteiger partial charge in [-0.3, -0.25) is 0 Å². The molecule has 0 bridgehead atoms. The van der Waals surface area contributed by atoms with E-state index in [2.05, 4.69) is 23.6 Å². The minimum atomic E-state index is -3.58. The number of rotatable bonds is 3. The van der Waals surface area contributed by atoms with E-state index in [1.54, 1.807) is 6.07 Å². The number of nitrogens with one attached hydrogen (secondary N) is 1. The van der Waals surface area contributed by atoms with Gasteiger partial charge in [0.1, 0.15) is 10.7 Å². The number of aromatic nitrogens is 1. The van der Waals surface area contributed by atoms with Crippen molar-refractivity contribution in [2.75, 3.05) is 5.73 Å². The predicted molar refractivity (Wildman–Crippen MR) is 75.0 cm³/mol. The molecule has 0 aliphatic heterocycles. The van der Waals surface area contributed by atoms with Crippen LogP contribution in [0.5, 0.6) is 0 Å².